The van der Waals surface area contributed by atoms with Gasteiger partial charge in [0.25, 0.3) is 5.91 Å². The van der Waals surface area contributed by atoms with Crippen LogP contribution in [0.5, 0.6) is 0 Å². The van der Waals surface area contributed by atoms with Crippen LogP contribution >= 0.6 is 0 Å². The van der Waals surface area contributed by atoms with Crippen molar-refractivity contribution >= 4 is 11.6 Å². The first-order valence-corrected chi connectivity index (χ1v) is 6.03. The summed E-state index contributed by atoms with van der Waals surface area (Å²) < 4.78 is 0. The highest BCUT2D eigenvalue weighted by Gasteiger charge is 2.16. The molecule has 0 aliphatic carbocycles. The second kappa shape index (κ2) is 5.19. The van der Waals surface area contributed by atoms with Gasteiger partial charge in [0.05, 0.1) is 0 Å². The largest absolute Gasteiger partial charge is 0.371 e. The normalized spacial score (nSPS) is 16.9. The molecule has 1 fully saturated rings. The smallest absolute Gasteiger partial charge is 0.251 e. The second-order valence-electron chi connectivity index (χ2n) is 4.45. The Bertz CT molecular complexity index is 380. The summed E-state index contributed by atoms with van der Waals surface area (Å²) in [5.74, 6) is -0.0442. The monoisotopic (exact) mass is 233 g/mol. The van der Waals surface area contributed by atoms with Gasteiger partial charge in [0.15, 0.2) is 0 Å². The van der Waals surface area contributed by atoms with Crippen LogP contribution < -0.4 is 16.0 Å². The molecule has 0 radical (unpaired) electrons. The Morgan fingerprint density at radius 2 is 1.88 bits per heavy atom. The fourth-order valence-corrected chi connectivity index (χ4v) is 2.13. The molecule has 0 saturated carbocycles. The number of rotatable bonds is 2. The number of nitrogens with two attached hydrogens (primary N) is 1. The van der Waals surface area contributed by atoms with E-state index >= 15 is 0 Å². The molecular weight excluding hydrogens is 214 g/mol. The summed E-state index contributed by atoms with van der Waals surface area (Å²) in [7, 11) is 1.64. The van der Waals surface area contributed by atoms with Crippen molar-refractivity contribution in [3.05, 3.63) is 29.8 Å². The van der Waals surface area contributed by atoms with E-state index in [1.54, 1.807) is 7.05 Å². The number of hydrogen-bond donors (Lipinski definition) is 2. The molecule has 1 aliphatic rings. The molecule has 0 unspecified atom stereocenters. The van der Waals surface area contributed by atoms with Gasteiger partial charge < -0.3 is 16.0 Å². The molecule has 92 valence electrons. The van der Waals surface area contributed by atoms with Gasteiger partial charge in [-0.2, -0.15) is 0 Å². The highest BCUT2D eigenvalue weighted by molar-refractivity contribution is 5.94. The van der Waals surface area contributed by atoms with Crippen molar-refractivity contribution in [1.29, 1.82) is 0 Å². The SMILES string of the molecule is CNC(=O)c1ccc(N2CCC(N)CC2)cc1. The van der Waals surface area contributed by atoms with Crippen molar-refractivity contribution in [2.24, 2.45) is 5.73 Å². The lowest BCUT2D eigenvalue weighted by atomic mass is 10.1. The van der Waals surface area contributed by atoms with E-state index < -0.39 is 0 Å². The molecule has 1 amide bonds. The topological polar surface area (TPSA) is 58.4 Å². The van der Waals surface area contributed by atoms with Gasteiger partial charge in [-0.25, -0.2) is 0 Å². The molecule has 2 rings (SSSR count). The molecule has 0 aromatic heterocycles. The van der Waals surface area contributed by atoms with Crippen molar-refractivity contribution in [3.8, 4) is 0 Å². The van der Waals surface area contributed by atoms with Gasteiger partial charge in [0.1, 0.15) is 0 Å². The molecule has 1 aliphatic heterocycles. The average molecular weight is 233 g/mol. The van der Waals surface area contributed by atoms with Gasteiger partial charge in [0, 0.05) is 37.4 Å². The maximum Gasteiger partial charge on any atom is 0.251 e. The lowest BCUT2D eigenvalue weighted by Gasteiger charge is -2.32. The number of amides is 1. The van der Waals surface area contributed by atoms with Crippen LogP contribution in [0.4, 0.5) is 5.69 Å². The van der Waals surface area contributed by atoms with E-state index in [-0.39, 0.29) is 5.91 Å². The van der Waals surface area contributed by atoms with Gasteiger partial charge in [-0.05, 0) is 37.1 Å². The predicted molar refractivity (Wildman–Crippen MR) is 69.3 cm³/mol. The predicted octanol–water partition coefficient (Wildman–Crippen LogP) is 0.974. The van der Waals surface area contributed by atoms with E-state index in [2.05, 4.69) is 10.2 Å². The Kier molecular flexibility index (Phi) is 3.64. The summed E-state index contributed by atoms with van der Waals surface area (Å²) in [6.07, 6.45) is 2.08. The number of nitrogens with one attached hydrogen (secondary N) is 1. The summed E-state index contributed by atoms with van der Waals surface area (Å²) in [5.41, 5.74) is 7.75. The molecule has 1 heterocycles. The summed E-state index contributed by atoms with van der Waals surface area (Å²) in [5, 5.41) is 2.62. The van der Waals surface area contributed by atoms with Crippen molar-refractivity contribution in [1.82, 2.24) is 5.32 Å². The number of carbonyl (C=O) groups is 1. The fraction of sp³-hybridized carbons (Fsp3) is 0.462. The third kappa shape index (κ3) is 2.77. The van der Waals surface area contributed by atoms with Crippen LogP contribution in [-0.2, 0) is 0 Å². The molecule has 1 aromatic carbocycles. The summed E-state index contributed by atoms with van der Waals surface area (Å²) in [6.45, 7) is 2.00. The number of carbonyl (C=O) groups excluding carboxylic acids is 1. The van der Waals surface area contributed by atoms with E-state index in [1.807, 2.05) is 24.3 Å². The molecular formula is C13H19N3O. The molecule has 3 N–H and O–H groups in total. The van der Waals surface area contributed by atoms with E-state index in [0.29, 0.717) is 11.6 Å². The van der Waals surface area contributed by atoms with Crippen molar-refractivity contribution in [3.63, 3.8) is 0 Å². The zero-order valence-corrected chi connectivity index (χ0v) is 10.1. The zero-order chi connectivity index (χ0) is 12.3. The molecule has 0 bridgehead atoms. The van der Waals surface area contributed by atoms with Gasteiger partial charge in [-0.3, -0.25) is 4.79 Å². The highest BCUT2D eigenvalue weighted by Crippen LogP contribution is 2.19. The molecule has 4 nitrogen and oxygen atoms in total. The van der Waals surface area contributed by atoms with Crippen LogP contribution in [0.3, 0.4) is 0 Å². The zero-order valence-electron chi connectivity index (χ0n) is 10.1. The van der Waals surface area contributed by atoms with Crippen LogP contribution in [0.1, 0.15) is 23.2 Å². The maximum atomic E-state index is 11.4. The third-order valence-corrected chi connectivity index (χ3v) is 3.26. The Morgan fingerprint density at radius 3 is 2.41 bits per heavy atom. The number of anilines is 1. The summed E-state index contributed by atoms with van der Waals surface area (Å²) in [6, 6.07) is 8.07. The maximum absolute atomic E-state index is 11.4. The highest BCUT2D eigenvalue weighted by atomic mass is 16.1. The average Bonchev–Trinajstić information content (AvgIpc) is 2.39. The van der Waals surface area contributed by atoms with Crippen LogP contribution in [0.25, 0.3) is 0 Å². The molecule has 17 heavy (non-hydrogen) atoms. The van der Waals surface area contributed by atoms with E-state index in [4.69, 9.17) is 5.73 Å². The minimum absolute atomic E-state index is 0.0442. The fourth-order valence-electron chi connectivity index (χ4n) is 2.13. The summed E-state index contributed by atoms with van der Waals surface area (Å²) in [4.78, 5) is 13.7. The Hall–Kier alpha value is -1.55. The minimum Gasteiger partial charge on any atom is -0.371 e. The quantitative estimate of drug-likeness (QED) is 0.800. The Balaban J connectivity index is 2.05. The van der Waals surface area contributed by atoms with Crippen LogP contribution in [0.15, 0.2) is 24.3 Å². The number of nitrogens with zero attached hydrogens (tertiary/aromatic N) is 1. The van der Waals surface area contributed by atoms with Crippen molar-refractivity contribution < 1.29 is 4.79 Å². The van der Waals surface area contributed by atoms with Gasteiger partial charge in [-0.15, -0.1) is 0 Å². The second-order valence-corrected chi connectivity index (χ2v) is 4.45. The Morgan fingerprint density at radius 1 is 1.29 bits per heavy atom. The minimum atomic E-state index is -0.0442. The van der Waals surface area contributed by atoms with E-state index in [9.17, 15) is 4.79 Å². The van der Waals surface area contributed by atoms with E-state index in [1.165, 1.54) is 5.69 Å². The molecule has 1 saturated heterocycles. The van der Waals surface area contributed by atoms with Crippen LogP contribution in [0, 0.1) is 0 Å². The lowest BCUT2D eigenvalue weighted by Crippen LogP contribution is -2.39. The first-order valence-electron chi connectivity index (χ1n) is 6.03. The number of benzene rings is 1. The van der Waals surface area contributed by atoms with Crippen molar-refractivity contribution in [2.45, 2.75) is 18.9 Å². The van der Waals surface area contributed by atoms with Crippen LogP contribution in [-0.4, -0.2) is 32.1 Å². The number of hydrogen-bond acceptors (Lipinski definition) is 3. The van der Waals surface area contributed by atoms with Gasteiger partial charge in [-0.1, -0.05) is 0 Å². The van der Waals surface area contributed by atoms with Crippen LogP contribution in [0.2, 0.25) is 0 Å². The van der Waals surface area contributed by atoms with Gasteiger partial charge >= 0.3 is 0 Å². The third-order valence-electron chi connectivity index (χ3n) is 3.26. The van der Waals surface area contributed by atoms with Gasteiger partial charge in [0.2, 0.25) is 0 Å². The molecule has 4 heteroatoms. The molecule has 0 spiro atoms. The standard InChI is InChI=1S/C13H19N3O/c1-15-13(17)10-2-4-12(5-3-10)16-8-6-11(14)7-9-16/h2-5,11H,6-9,14H2,1H3,(H,15,17). The Labute approximate surface area is 102 Å². The van der Waals surface area contributed by atoms with E-state index in [0.717, 1.165) is 25.9 Å². The molecule has 1 aromatic rings. The molecule has 0 atom stereocenters. The first-order chi connectivity index (χ1) is 8.20. The number of piperidine rings is 1. The first kappa shape index (κ1) is 11.9. The summed E-state index contributed by atoms with van der Waals surface area (Å²) >= 11 is 0. The lowest BCUT2D eigenvalue weighted by molar-refractivity contribution is 0.0963. The van der Waals surface area contributed by atoms with Crippen molar-refractivity contribution in [2.75, 3.05) is 25.0 Å².